The maximum atomic E-state index is 12.8. The highest BCUT2D eigenvalue weighted by Gasteiger charge is 2.31. The summed E-state index contributed by atoms with van der Waals surface area (Å²) < 4.78 is 5.81. The van der Waals surface area contributed by atoms with Crippen molar-refractivity contribution in [3.63, 3.8) is 0 Å². The molecule has 0 radical (unpaired) electrons. The van der Waals surface area contributed by atoms with E-state index in [1.807, 2.05) is 50.2 Å². The predicted octanol–water partition coefficient (Wildman–Crippen LogP) is 4.81. The number of nitrogens with one attached hydrogen (secondary N) is 1. The Morgan fingerprint density at radius 3 is 2.00 bits per heavy atom. The van der Waals surface area contributed by atoms with Crippen LogP contribution in [0, 0.1) is 22.7 Å². The van der Waals surface area contributed by atoms with Gasteiger partial charge in [-0.2, -0.15) is 10.5 Å². The molecule has 1 fully saturated rings. The van der Waals surface area contributed by atoms with Gasteiger partial charge in [-0.1, -0.05) is 24.3 Å². The number of amides is 1. The maximum Gasteiger partial charge on any atom is 0.251 e. The lowest BCUT2D eigenvalue weighted by Gasteiger charge is -2.29. The first-order valence-electron chi connectivity index (χ1n) is 11.8. The van der Waals surface area contributed by atoms with Gasteiger partial charge in [0.15, 0.2) is 0 Å². The van der Waals surface area contributed by atoms with Crippen molar-refractivity contribution in [3.8, 4) is 17.9 Å². The van der Waals surface area contributed by atoms with Gasteiger partial charge in [0.05, 0.1) is 35.4 Å². The largest absolute Gasteiger partial charge is 0.491 e. The summed E-state index contributed by atoms with van der Waals surface area (Å²) in [7, 11) is 0. The third kappa shape index (κ3) is 5.87. The highest BCUT2D eigenvalue weighted by Crippen LogP contribution is 2.33. The van der Waals surface area contributed by atoms with Crippen LogP contribution in [0.2, 0.25) is 0 Å². The fourth-order valence-corrected chi connectivity index (χ4v) is 4.46. The van der Waals surface area contributed by atoms with Crippen molar-refractivity contribution < 1.29 is 9.53 Å². The quantitative estimate of drug-likeness (QED) is 0.542. The number of nitriles is 2. The molecule has 3 aromatic carbocycles. The lowest BCUT2D eigenvalue weighted by molar-refractivity contribution is 0.0937. The molecule has 0 aromatic heterocycles. The third-order valence-corrected chi connectivity index (χ3v) is 6.12. The number of hydrogen-bond acceptors (Lipinski definition) is 5. The van der Waals surface area contributed by atoms with E-state index in [1.165, 1.54) is 0 Å². The van der Waals surface area contributed by atoms with Crippen molar-refractivity contribution in [1.29, 1.82) is 10.5 Å². The molecule has 35 heavy (non-hydrogen) atoms. The lowest BCUT2D eigenvalue weighted by atomic mass is 9.96. The first kappa shape index (κ1) is 24.0. The SMILES string of the molecule is CC(C)Oc1ccc(C(c2ccc(C#N)cc2)N2CCC(NC(=O)c3ccc(C#N)cc3)C2)cc1. The molecule has 0 bridgehead atoms. The number of carbonyl (C=O) groups is 1. The molecule has 176 valence electrons. The van der Waals surface area contributed by atoms with Gasteiger partial charge in [-0.05, 0) is 79.9 Å². The van der Waals surface area contributed by atoms with Gasteiger partial charge >= 0.3 is 0 Å². The van der Waals surface area contributed by atoms with Crippen LogP contribution in [0.15, 0.2) is 72.8 Å². The van der Waals surface area contributed by atoms with Crippen LogP contribution in [-0.2, 0) is 0 Å². The van der Waals surface area contributed by atoms with Crippen molar-refractivity contribution in [2.24, 2.45) is 0 Å². The molecule has 0 saturated carbocycles. The van der Waals surface area contributed by atoms with Crippen molar-refractivity contribution in [2.75, 3.05) is 13.1 Å². The van der Waals surface area contributed by atoms with Gasteiger partial charge in [-0.3, -0.25) is 9.69 Å². The van der Waals surface area contributed by atoms with E-state index < -0.39 is 0 Å². The molecule has 0 aliphatic carbocycles. The molecule has 1 N–H and O–H groups in total. The van der Waals surface area contributed by atoms with E-state index in [1.54, 1.807) is 24.3 Å². The molecular weight excluding hydrogens is 436 g/mol. The van der Waals surface area contributed by atoms with Gasteiger partial charge in [0.2, 0.25) is 0 Å². The van der Waals surface area contributed by atoms with Crippen LogP contribution >= 0.6 is 0 Å². The molecule has 2 unspecified atom stereocenters. The van der Waals surface area contributed by atoms with Crippen molar-refractivity contribution in [1.82, 2.24) is 10.2 Å². The summed E-state index contributed by atoms with van der Waals surface area (Å²) >= 11 is 0. The molecule has 0 spiro atoms. The van der Waals surface area contributed by atoms with Gasteiger partial charge in [-0.25, -0.2) is 0 Å². The zero-order chi connectivity index (χ0) is 24.8. The third-order valence-electron chi connectivity index (χ3n) is 6.12. The predicted molar refractivity (Wildman–Crippen MR) is 134 cm³/mol. The summed E-state index contributed by atoms with van der Waals surface area (Å²) in [5, 5.41) is 21.3. The summed E-state index contributed by atoms with van der Waals surface area (Å²) in [6, 6.07) is 26.8. The number of rotatable bonds is 7. The molecule has 1 saturated heterocycles. The van der Waals surface area contributed by atoms with Gasteiger partial charge in [0.1, 0.15) is 5.75 Å². The molecule has 4 rings (SSSR count). The summed E-state index contributed by atoms with van der Waals surface area (Å²) in [5.74, 6) is 0.697. The topological polar surface area (TPSA) is 89.2 Å². The molecule has 6 heteroatoms. The Hall–Kier alpha value is -4.13. The Labute approximate surface area is 206 Å². The van der Waals surface area contributed by atoms with Gasteiger partial charge in [0.25, 0.3) is 5.91 Å². The monoisotopic (exact) mass is 464 g/mol. The van der Waals surface area contributed by atoms with Gasteiger partial charge < -0.3 is 10.1 Å². The lowest BCUT2D eigenvalue weighted by Crippen LogP contribution is -2.38. The van der Waals surface area contributed by atoms with Crippen molar-refractivity contribution in [2.45, 2.75) is 38.5 Å². The second-order valence-corrected chi connectivity index (χ2v) is 9.02. The average molecular weight is 465 g/mol. The Morgan fingerprint density at radius 1 is 0.914 bits per heavy atom. The van der Waals surface area contributed by atoms with Crippen molar-refractivity contribution >= 4 is 5.91 Å². The maximum absolute atomic E-state index is 12.8. The first-order chi connectivity index (χ1) is 17.0. The number of likely N-dealkylation sites (tertiary alicyclic amines) is 1. The van der Waals surface area contributed by atoms with E-state index >= 15 is 0 Å². The zero-order valence-electron chi connectivity index (χ0n) is 19.9. The first-order valence-corrected chi connectivity index (χ1v) is 11.8. The second-order valence-electron chi connectivity index (χ2n) is 9.02. The van der Waals surface area contributed by atoms with E-state index in [0.717, 1.165) is 29.8 Å². The van der Waals surface area contributed by atoms with Crippen LogP contribution in [0.4, 0.5) is 0 Å². The highest BCUT2D eigenvalue weighted by molar-refractivity contribution is 5.94. The Bertz CT molecular complexity index is 1240. The minimum atomic E-state index is -0.133. The van der Waals surface area contributed by atoms with Crippen LogP contribution in [0.3, 0.4) is 0 Å². The summed E-state index contributed by atoms with van der Waals surface area (Å²) in [4.78, 5) is 15.1. The van der Waals surface area contributed by atoms with Crippen LogP contribution in [0.25, 0.3) is 0 Å². The van der Waals surface area contributed by atoms with E-state index in [9.17, 15) is 10.1 Å². The smallest absolute Gasteiger partial charge is 0.251 e. The number of nitrogens with zero attached hydrogens (tertiary/aromatic N) is 3. The number of hydrogen-bond donors (Lipinski definition) is 1. The molecule has 2 atom stereocenters. The molecular formula is C29H28N4O2. The Morgan fingerprint density at radius 2 is 1.46 bits per heavy atom. The molecule has 1 aliphatic rings. The van der Waals surface area contributed by atoms with Gasteiger partial charge in [-0.15, -0.1) is 0 Å². The number of benzene rings is 3. The standard InChI is InChI=1S/C29H28N4O2/c1-20(2)35-27-13-11-24(12-14-27)28(23-7-3-21(17-30)4-8-23)33-16-15-26(19-33)32-29(34)25-9-5-22(18-31)6-10-25/h3-14,20,26,28H,15-16,19H2,1-2H3,(H,32,34). The van der Waals surface area contributed by atoms with Crippen LogP contribution in [0.5, 0.6) is 5.75 Å². The average Bonchev–Trinajstić information content (AvgIpc) is 3.33. The minimum absolute atomic E-state index is 0.00680. The molecule has 1 amide bonds. The zero-order valence-corrected chi connectivity index (χ0v) is 19.9. The minimum Gasteiger partial charge on any atom is -0.491 e. The summed E-state index contributed by atoms with van der Waals surface area (Å²) in [6.07, 6.45) is 0.942. The van der Waals surface area contributed by atoms with Crippen LogP contribution in [-0.4, -0.2) is 36.0 Å². The van der Waals surface area contributed by atoms with Crippen LogP contribution in [0.1, 0.15) is 58.9 Å². The van der Waals surface area contributed by atoms with E-state index in [4.69, 9.17) is 10.00 Å². The highest BCUT2D eigenvalue weighted by atomic mass is 16.5. The molecule has 3 aromatic rings. The Kier molecular flexibility index (Phi) is 7.45. The van der Waals surface area contributed by atoms with E-state index in [2.05, 4.69) is 34.5 Å². The Balaban J connectivity index is 1.52. The summed E-state index contributed by atoms with van der Waals surface area (Å²) in [5.41, 5.74) is 3.93. The normalized spacial score (nSPS) is 16.3. The summed E-state index contributed by atoms with van der Waals surface area (Å²) in [6.45, 7) is 5.54. The van der Waals surface area contributed by atoms with Crippen molar-refractivity contribution in [3.05, 3.63) is 101 Å². The van der Waals surface area contributed by atoms with Crippen LogP contribution < -0.4 is 10.1 Å². The fourth-order valence-electron chi connectivity index (χ4n) is 4.46. The molecule has 1 heterocycles. The molecule has 6 nitrogen and oxygen atoms in total. The van der Waals surface area contributed by atoms with Gasteiger partial charge in [0, 0.05) is 24.7 Å². The number of carbonyl (C=O) groups excluding carboxylic acids is 1. The molecule has 1 aliphatic heterocycles. The van der Waals surface area contributed by atoms with E-state index in [-0.39, 0.29) is 24.1 Å². The number of ether oxygens (including phenoxy) is 1. The van der Waals surface area contributed by atoms with E-state index in [0.29, 0.717) is 23.2 Å². The fraction of sp³-hybridized carbons (Fsp3) is 0.276. The second kappa shape index (κ2) is 10.9.